The molecule has 1 aromatic heterocycles. The zero-order chi connectivity index (χ0) is 14.1. The van der Waals surface area contributed by atoms with E-state index in [9.17, 15) is 4.79 Å². The Hall–Kier alpha value is -1.38. The average Bonchev–Trinajstić information content (AvgIpc) is 2.94. The van der Waals surface area contributed by atoms with Gasteiger partial charge in [-0.2, -0.15) is 0 Å². The highest BCUT2D eigenvalue weighted by Crippen LogP contribution is 2.36. The van der Waals surface area contributed by atoms with Crippen LogP contribution >= 0.6 is 0 Å². The fourth-order valence-electron chi connectivity index (χ4n) is 3.33. The van der Waals surface area contributed by atoms with Crippen molar-refractivity contribution in [3.63, 3.8) is 0 Å². The molecule has 1 amide bonds. The fourth-order valence-corrected chi connectivity index (χ4v) is 3.33. The van der Waals surface area contributed by atoms with Crippen molar-refractivity contribution >= 4 is 11.6 Å². The third-order valence-corrected chi connectivity index (χ3v) is 4.81. The van der Waals surface area contributed by atoms with E-state index in [2.05, 4.69) is 12.2 Å². The van der Waals surface area contributed by atoms with Crippen LogP contribution in [-0.4, -0.2) is 10.9 Å². The maximum atomic E-state index is 12.3. The molecule has 0 fully saturated rings. The first-order valence-corrected chi connectivity index (χ1v) is 8.05. The third-order valence-electron chi connectivity index (χ3n) is 4.81. The second kappa shape index (κ2) is 5.55. The molecule has 0 saturated carbocycles. The van der Waals surface area contributed by atoms with Crippen molar-refractivity contribution in [3.8, 4) is 0 Å². The Labute approximate surface area is 121 Å². The Morgan fingerprint density at radius 1 is 1.10 bits per heavy atom. The largest absolute Gasteiger partial charge is 0.325 e. The highest BCUT2D eigenvalue weighted by molar-refractivity contribution is 5.94. The van der Waals surface area contributed by atoms with Crippen molar-refractivity contribution in [1.29, 1.82) is 0 Å². The van der Waals surface area contributed by atoms with Crippen LogP contribution in [0.15, 0.2) is 0 Å². The van der Waals surface area contributed by atoms with E-state index in [-0.39, 0.29) is 11.8 Å². The summed E-state index contributed by atoms with van der Waals surface area (Å²) in [6, 6.07) is 0. The Kier molecular flexibility index (Phi) is 3.77. The first-order valence-electron chi connectivity index (χ1n) is 8.05. The first-order chi connectivity index (χ1) is 9.70. The minimum Gasteiger partial charge on any atom is -0.325 e. The number of hydrogen-bond donors (Lipinski definition) is 1. The molecule has 2 aliphatic rings. The molecule has 0 spiro atoms. The van der Waals surface area contributed by atoms with Crippen LogP contribution in [0.5, 0.6) is 0 Å². The number of hydrogen-bond acceptors (Lipinski definition) is 2. The lowest BCUT2D eigenvalue weighted by Crippen LogP contribution is -2.23. The van der Waals surface area contributed by atoms with Gasteiger partial charge >= 0.3 is 0 Å². The maximum Gasteiger partial charge on any atom is 0.227 e. The first kappa shape index (κ1) is 13.6. The lowest BCUT2D eigenvalue weighted by Gasteiger charge is -2.23. The van der Waals surface area contributed by atoms with Gasteiger partial charge in [-0.15, -0.1) is 0 Å². The standard InChI is InChI=1S/C17H24N2O/c1-3-11(2)17(20)19-16-12-7-4-5-9-14(12)18-15-10-6-8-13(15)16/h11H,3-10H2,1-2H3,(H,18,19,20)/t11-/m1/s1. The van der Waals surface area contributed by atoms with E-state index in [1.54, 1.807) is 0 Å². The Morgan fingerprint density at radius 3 is 2.40 bits per heavy atom. The van der Waals surface area contributed by atoms with Crippen LogP contribution in [0.1, 0.15) is 62.0 Å². The highest BCUT2D eigenvalue weighted by atomic mass is 16.1. The summed E-state index contributed by atoms with van der Waals surface area (Å²) >= 11 is 0. The summed E-state index contributed by atoms with van der Waals surface area (Å²) in [7, 11) is 0. The van der Waals surface area contributed by atoms with Gasteiger partial charge in [-0.05, 0) is 62.5 Å². The molecule has 0 unspecified atom stereocenters. The van der Waals surface area contributed by atoms with Crippen molar-refractivity contribution in [2.24, 2.45) is 5.92 Å². The molecule has 3 nitrogen and oxygen atoms in total. The number of rotatable bonds is 3. The van der Waals surface area contributed by atoms with E-state index in [0.29, 0.717) is 0 Å². The fraction of sp³-hybridized carbons (Fsp3) is 0.647. The number of amides is 1. The van der Waals surface area contributed by atoms with E-state index in [4.69, 9.17) is 4.98 Å². The number of nitrogens with zero attached hydrogens (tertiary/aromatic N) is 1. The quantitative estimate of drug-likeness (QED) is 0.916. The Morgan fingerprint density at radius 2 is 1.70 bits per heavy atom. The van der Waals surface area contributed by atoms with Crippen LogP contribution in [0.3, 0.4) is 0 Å². The molecule has 3 rings (SSSR count). The van der Waals surface area contributed by atoms with Gasteiger partial charge in [0, 0.05) is 17.3 Å². The summed E-state index contributed by atoms with van der Waals surface area (Å²) in [6.45, 7) is 4.07. The second-order valence-corrected chi connectivity index (χ2v) is 6.20. The predicted molar refractivity (Wildman–Crippen MR) is 81.0 cm³/mol. The molecule has 0 aromatic carbocycles. The molecule has 0 aliphatic heterocycles. The van der Waals surface area contributed by atoms with Crippen LogP contribution in [0.25, 0.3) is 0 Å². The molecule has 0 bridgehead atoms. The SMILES string of the molecule is CC[C@@H](C)C(=O)Nc1c2c(nc3c1CCC3)CCCC2. The minimum absolute atomic E-state index is 0.0828. The topological polar surface area (TPSA) is 42.0 Å². The Balaban J connectivity index is 2.00. The number of aryl methyl sites for hydroxylation is 2. The molecule has 0 radical (unpaired) electrons. The number of carbonyl (C=O) groups excluding carboxylic acids is 1. The summed E-state index contributed by atoms with van der Waals surface area (Å²) in [5, 5.41) is 3.24. The van der Waals surface area contributed by atoms with E-state index in [1.165, 1.54) is 41.8 Å². The number of pyridine rings is 1. The number of nitrogens with one attached hydrogen (secondary N) is 1. The van der Waals surface area contributed by atoms with Crippen LogP contribution in [0.4, 0.5) is 5.69 Å². The summed E-state index contributed by atoms with van der Waals surface area (Å²) in [4.78, 5) is 17.2. The summed E-state index contributed by atoms with van der Waals surface area (Å²) in [5.41, 5.74) is 6.27. The van der Waals surface area contributed by atoms with Gasteiger partial charge in [0.05, 0.1) is 5.69 Å². The molecule has 20 heavy (non-hydrogen) atoms. The zero-order valence-electron chi connectivity index (χ0n) is 12.6. The van der Waals surface area contributed by atoms with E-state index >= 15 is 0 Å². The van der Waals surface area contributed by atoms with Gasteiger partial charge in [-0.3, -0.25) is 9.78 Å². The van der Waals surface area contributed by atoms with E-state index in [1.807, 2.05) is 6.92 Å². The predicted octanol–water partition coefficient (Wildman–Crippen LogP) is 3.43. The summed E-state index contributed by atoms with van der Waals surface area (Å²) < 4.78 is 0. The zero-order valence-corrected chi connectivity index (χ0v) is 12.6. The van der Waals surface area contributed by atoms with Gasteiger partial charge < -0.3 is 5.32 Å². The molecular weight excluding hydrogens is 248 g/mol. The van der Waals surface area contributed by atoms with Gasteiger partial charge in [-0.1, -0.05) is 13.8 Å². The molecule has 1 heterocycles. The lowest BCUT2D eigenvalue weighted by atomic mass is 9.92. The molecule has 1 atom stereocenters. The van der Waals surface area contributed by atoms with E-state index < -0.39 is 0 Å². The maximum absolute atomic E-state index is 12.3. The smallest absolute Gasteiger partial charge is 0.227 e. The molecule has 0 saturated heterocycles. The normalized spacial score (nSPS) is 18.3. The molecule has 2 aliphatic carbocycles. The van der Waals surface area contributed by atoms with Crippen LogP contribution in [0, 0.1) is 5.92 Å². The van der Waals surface area contributed by atoms with Crippen LogP contribution < -0.4 is 5.32 Å². The van der Waals surface area contributed by atoms with Crippen molar-refractivity contribution in [3.05, 3.63) is 22.5 Å². The number of carbonyl (C=O) groups is 1. The molecule has 1 N–H and O–H groups in total. The molecule has 1 aromatic rings. The number of fused-ring (bicyclic) bond motifs is 2. The molecular formula is C17H24N2O. The summed E-state index contributed by atoms with van der Waals surface area (Å²) in [6.07, 6.45) is 8.83. The van der Waals surface area contributed by atoms with Gasteiger partial charge in [0.25, 0.3) is 0 Å². The Bertz CT molecular complexity index is 536. The number of anilines is 1. The monoisotopic (exact) mass is 272 g/mol. The molecule has 108 valence electrons. The van der Waals surface area contributed by atoms with Crippen molar-refractivity contribution in [2.45, 2.75) is 65.2 Å². The van der Waals surface area contributed by atoms with Crippen LogP contribution in [0.2, 0.25) is 0 Å². The van der Waals surface area contributed by atoms with Crippen molar-refractivity contribution in [2.75, 3.05) is 5.32 Å². The highest BCUT2D eigenvalue weighted by Gasteiger charge is 2.26. The summed E-state index contributed by atoms with van der Waals surface area (Å²) in [5.74, 6) is 0.250. The molecule has 3 heteroatoms. The minimum atomic E-state index is 0.0828. The third kappa shape index (κ3) is 2.34. The van der Waals surface area contributed by atoms with Gasteiger partial charge in [0.15, 0.2) is 0 Å². The average molecular weight is 272 g/mol. The number of aromatic nitrogens is 1. The van der Waals surface area contributed by atoms with Crippen LogP contribution in [-0.2, 0) is 30.5 Å². The van der Waals surface area contributed by atoms with Crippen molar-refractivity contribution in [1.82, 2.24) is 4.98 Å². The van der Waals surface area contributed by atoms with E-state index in [0.717, 1.165) is 37.8 Å². The van der Waals surface area contributed by atoms with Gasteiger partial charge in [0.1, 0.15) is 0 Å². The van der Waals surface area contributed by atoms with Gasteiger partial charge in [-0.25, -0.2) is 0 Å². The lowest BCUT2D eigenvalue weighted by molar-refractivity contribution is -0.119. The van der Waals surface area contributed by atoms with Gasteiger partial charge in [0.2, 0.25) is 5.91 Å². The van der Waals surface area contributed by atoms with Crippen molar-refractivity contribution < 1.29 is 4.79 Å². The second-order valence-electron chi connectivity index (χ2n) is 6.20.